The van der Waals surface area contributed by atoms with Crippen LogP contribution < -0.4 is 5.43 Å². The number of hydrogen-bond donors (Lipinski definition) is 1. The van der Waals surface area contributed by atoms with Crippen molar-refractivity contribution in [2.24, 2.45) is 0 Å². The molecule has 1 aromatic heterocycles. The Kier molecular flexibility index (Phi) is 3.13. The van der Waals surface area contributed by atoms with Gasteiger partial charge < -0.3 is 0 Å². The molecule has 0 amide bonds. The average Bonchev–Trinajstić information content (AvgIpc) is 2.53. The average molecular weight is 263 g/mol. The summed E-state index contributed by atoms with van der Waals surface area (Å²) in [6, 6.07) is 0. The van der Waals surface area contributed by atoms with Crippen molar-refractivity contribution in [2.75, 3.05) is 18.5 Å². The van der Waals surface area contributed by atoms with Crippen LogP contribution in [0.2, 0.25) is 0 Å². The molecule has 0 aromatic carbocycles. The molecule has 1 N–H and O–H groups in total. The smallest absolute Gasteiger partial charge is 0.220 e. The Morgan fingerprint density at radius 2 is 2.00 bits per heavy atom. The highest BCUT2D eigenvalue weighted by atomic mass is 79.9. The number of piperidine rings is 1. The molecule has 0 unspecified atom stereocenters. The van der Waals surface area contributed by atoms with E-state index in [1.165, 1.54) is 30.6 Å². The maximum Gasteiger partial charge on any atom is 0.220 e. The molecule has 2 rings (SSSR count). The summed E-state index contributed by atoms with van der Waals surface area (Å²) in [7, 11) is 0. The summed E-state index contributed by atoms with van der Waals surface area (Å²) >= 11 is 4.81. The highest BCUT2D eigenvalue weighted by molar-refractivity contribution is 9.11. The molecule has 1 aliphatic rings. The molecule has 2 heterocycles. The Bertz CT molecular complexity index is 271. The lowest BCUT2D eigenvalue weighted by Crippen LogP contribution is -2.34. The van der Waals surface area contributed by atoms with Crippen LogP contribution in [0, 0.1) is 0 Å². The van der Waals surface area contributed by atoms with Crippen molar-refractivity contribution >= 4 is 32.4 Å². The molecule has 1 aromatic rings. The largest absolute Gasteiger partial charge is 0.293 e. The van der Waals surface area contributed by atoms with Crippen molar-refractivity contribution in [3.63, 3.8) is 0 Å². The van der Waals surface area contributed by atoms with Crippen LogP contribution in [0.15, 0.2) is 3.92 Å². The fourth-order valence-electron chi connectivity index (χ4n) is 1.39. The Hall–Kier alpha value is -0.200. The van der Waals surface area contributed by atoms with Gasteiger partial charge in [-0.2, -0.15) is 0 Å². The van der Waals surface area contributed by atoms with E-state index in [9.17, 15) is 0 Å². The van der Waals surface area contributed by atoms with E-state index in [0.29, 0.717) is 0 Å². The van der Waals surface area contributed by atoms with Crippen LogP contribution in [-0.4, -0.2) is 28.3 Å². The molecule has 0 saturated carbocycles. The van der Waals surface area contributed by atoms with Crippen LogP contribution in [0.25, 0.3) is 0 Å². The number of halogens is 1. The van der Waals surface area contributed by atoms with Crippen molar-refractivity contribution in [3.8, 4) is 0 Å². The molecule has 0 bridgehead atoms. The van der Waals surface area contributed by atoms with Gasteiger partial charge in [0.1, 0.15) is 0 Å². The van der Waals surface area contributed by atoms with Gasteiger partial charge in [-0.15, -0.1) is 10.2 Å². The molecule has 1 saturated heterocycles. The summed E-state index contributed by atoms with van der Waals surface area (Å²) in [4.78, 5) is 0. The Morgan fingerprint density at radius 3 is 2.62 bits per heavy atom. The van der Waals surface area contributed by atoms with E-state index >= 15 is 0 Å². The van der Waals surface area contributed by atoms with Gasteiger partial charge in [0.15, 0.2) is 3.92 Å². The van der Waals surface area contributed by atoms with E-state index in [4.69, 9.17) is 0 Å². The highest BCUT2D eigenvalue weighted by Gasteiger charge is 2.11. The molecule has 0 atom stereocenters. The minimum absolute atomic E-state index is 0.826. The lowest BCUT2D eigenvalue weighted by molar-refractivity contribution is 0.273. The lowest BCUT2D eigenvalue weighted by atomic mass is 10.2. The second-order valence-electron chi connectivity index (χ2n) is 3.02. The van der Waals surface area contributed by atoms with E-state index in [0.717, 1.165) is 22.1 Å². The van der Waals surface area contributed by atoms with Gasteiger partial charge in [-0.05, 0) is 28.8 Å². The van der Waals surface area contributed by atoms with Gasteiger partial charge in [0.05, 0.1) is 0 Å². The maximum absolute atomic E-state index is 3.98. The molecular weight excluding hydrogens is 252 g/mol. The predicted molar refractivity (Wildman–Crippen MR) is 56.7 cm³/mol. The molecule has 4 nitrogen and oxygen atoms in total. The summed E-state index contributed by atoms with van der Waals surface area (Å²) in [5.41, 5.74) is 3.25. The van der Waals surface area contributed by atoms with E-state index in [1.807, 2.05) is 0 Å². The third-order valence-electron chi connectivity index (χ3n) is 2.01. The van der Waals surface area contributed by atoms with Crippen molar-refractivity contribution in [1.29, 1.82) is 0 Å². The first-order chi connectivity index (χ1) is 6.34. The summed E-state index contributed by atoms with van der Waals surface area (Å²) < 4.78 is 0.826. The second-order valence-corrected chi connectivity index (χ2v) is 5.27. The first-order valence-corrected chi connectivity index (χ1v) is 5.96. The minimum Gasteiger partial charge on any atom is -0.293 e. The summed E-state index contributed by atoms with van der Waals surface area (Å²) in [6.07, 6.45) is 3.89. The van der Waals surface area contributed by atoms with Crippen LogP contribution in [0.5, 0.6) is 0 Å². The summed E-state index contributed by atoms with van der Waals surface area (Å²) in [6.45, 7) is 2.22. The zero-order valence-corrected chi connectivity index (χ0v) is 9.57. The SMILES string of the molecule is Brc1nnc(NN2CCCCC2)s1. The number of rotatable bonds is 2. The molecule has 0 radical (unpaired) electrons. The Morgan fingerprint density at radius 1 is 1.23 bits per heavy atom. The van der Waals surface area contributed by atoms with E-state index in [-0.39, 0.29) is 0 Å². The first-order valence-electron chi connectivity index (χ1n) is 4.35. The van der Waals surface area contributed by atoms with Crippen LogP contribution >= 0.6 is 27.3 Å². The van der Waals surface area contributed by atoms with Gasteiger partial charge in [-0.1, -0.05) is 17.8 Å². The van der Waals surface area contributed by atoms with Gasteiger partial charge in [-0.25, -0.2) is 5.01 Å². The van der Waals surface area contributed by atoms with E-state index in [2.05, 4.69) is 36.6 Å². The Balaban J connectivity index is 1.89. The summed E-state index contributed by atoms with van der Waals surface area (Å²) in [5, 5.41) is 10.9. The van der Waals surface area contributed by atoms with Gasteiger partial charge in [-0.3, -0.25) is 5.43 Å². The zero-order chi connectivity index (χ0) is 9.10. The van der Waals surface area contributed by atoms with Gasteiger partial charge >= 0.3 is 0 Å². The molecule has 1 fully saturated rings. The number of nitrogens with one attached hydrogen (secondary N) is 1. The predicted octanol–water partition coefficient (Wildman–Crippen LogP) is 2.11. The van der Waals surface area contributed by atoms with Crippen LogP contribution in [-0.2, 0) is 0 Å². The topological polar surface area (TPSA) is 41.1 Å². The third-order valence-corrected chi connectivity index (χ3v) is 3.27. The van der Waals surface area contributed by atoms with Crippen LogP contribution in [0.3, 0.4) is 0 Å². The fourth-order valence-corrected chi connectivity index (χ4v) is 2.43. The van der Waals surface area contributed by atoms with Gasteiger partial charge in [0, 0.05) is 13.1 Å². The zero-order valence-electron chi connectivity index (χ0n) is 7.16. The van der Waals surface area contributed by atoms with Crippen LogP contribution in [0.1, 0.15) is 19.3 Å². The van der Waals surface area contributed by atoms with Crippen LogP contribution in [0.4, 0.5) is 5.13 Å². The van der Waals surface area contributed by atoms with Gasteiger partial charge in [0.25, 0.3) is 0 Å². The highest BCUT2D eigenvalue weighted by Crippen LogP contribution is 2.21. The van der Waals surface area contributed by atoms with Gasteiger partial charge in [0.2, 0.25) is 5.13 Å². The fraction of sp³-hybridized carbons (Fsp3) is 0.714. The molecule has 13 heavy (non-hydrogen) atoms. The Labute approximate surface area is 89.4 Å². The van der Waals surface area contributed by atoms with Crippen molar-refractivity contribution in [3.05, 3.63) is 3.92 Å². The standard InChI is InChI=1S/C7H11BrN4S/c8-6-9-10-7(13-6)11-12-4-2-1-3-5-12/h1-5H2,(H,10,11). The quantitative estimate of drug-likeness (QED) is 0.887. The minimum atomic E-state index is 0.826. The van der Waals surface area contributed by atoms with E-state index in [1.54, 1.807) is 0 Å². The number of anilines is 1. The molecule has 72 valence electrons. The molecular formula is C7H11BrN4S. The molecule has 0 spiro atoms. The number of aromatic nitrogens is 2. The molecule has 1 aliphatic heterocycles. The lowest BCUT2D eigenvalue weighted by Gasteiger charge is -2.26. The maximum atomic E-state index is 3.98. The van der Waals surface area contributed by atoms with Crippen molar-refractivity contribution in [2.45, 2.75) is 19.3 Å². The summed E-state index contributed by atoms with van der Waals surface area (Å²) in [5.74, 6) is 0. The number of hydrazine groups is 1. The molecule has 6 heteroatoms. The third kappa shape index (κ3) is 2.62. The number of nitrogens with zero attached hydrogens (tertiary/aromatic N) is 3. The first kappa shape index (κ1) is 9.36. The van der Waals surface area contributed by atoms with E-state index < -0.39 is 0 Å². The monoisotopic (exact) mass is 262 g/mol. The molecule has 0 aliphatic carbocycles. The normalized spacial score (nSPS) is 18.8. The number of hydrogen-bond acceptors (Lipinski definition) is 5. The second kappa shape index (κ2) is 4.34. The van der Waals surface area contributed by atoms with Crippen molar-refractivity contribution in [1.82, 2.24) is 15.2 Å². The van der Waals surface area contributed by atoms with Crippen molar-refractivity contribution < 1.29 is 0 Å².